The van der Waals surface area contributed by atoms with Crippen LogP contribution in [0.15, 0.2) is 34.9 Å². The van der Waals surface area contributed by atoms with Crippen molar-refractivity contribution in [2.45, 2.75) is 19.4 Å². The first-order valence-corrected chi connectivity index (χ1v) is 7.50. The molecule has 0 aliphatic carbocycles. The van der Waals surface area contributed by atoms with Crippen LogP contribution in [0.2, 0.25) is 0 Å². The molecule has 2 aromatic rings. The fraction of sp³-hybridized carbons (Fsp3) is 0.250. The predicted octanol–water partition coefficient (Wildman–Crippen LogP) is 3.98. The maximum Gasteiger partial charge on any atom is 0.147 e. The van der Waals surface area contributed by atoms with Gasteiger partial charge in [-0.15, -0.1) is 0 Å². The molecule has 0 spiro atoms. The molecule has 2 heterocycles. The Morgan fingerprint density at radius 3 is 3.05 bits per heavy atom. The highest BCUT2D eigenvalue weighted by Crippen LogP contribution is 2.35. The van der Waals surface area contributed by atoms with Gasteiger partial charge in [0.05, 0.1) is 11.6 Å². The molecule has 106 valence electrons. The summed E-state index contributed by atoms with van der Waals surface area (Å²) >= 11 is 3.32. The molecule has 0 saturated carbocycles. The number of anilines is 1. The van der Waals surface area contributed by atoms with Crippen LogP contribution in [0.1, 0.15) is 29.7 Å². The summed E-state index contributed by atoms with van der Waals surface area (Å²) in [4.78, 5) is 6.36. The lowest BCUT2D eigenvalue weighted by atomic mass is 9.92. The van der Waals surface area contributed by atoms with Crippen molar-refractivity contribution in [3.63, 3.8) is 0 Å². The van der Waals surface area contributed by atoms with Crippen molar-refractivity contribution in [2.75, 3.05) is 11.4 Å². The number of hydrogen-bond acceptors (Lipinski definition) is 3. The molecule has 1 unspecified atom stereocenters. The van der Waals surface area contributed by atoms with Gasteiger partial charge in [0, 0.05) is 22.8 Å². The fourth-order valence-electron chi connectivity index (χ4n) is 2.89. The van der Waals surface area contributed by atoms with Gasteiger partial charge in [-0.25, -0.2) is 9.37 Å². The molecule has 3 rings (SSSR count). The zero-order valence-electron chi connectivity index (χ0n) is 11.5. The van der Waals surface area contributed by atoms with Gasteiger partial charge in [0.25, 0.3) is 0 Å². The number of nitrogens with zero attached hydrogens (tertiary/aromatic N) is 3. The third-order valence-corrected chi connectivity index (χ3v) is 4.31. The second kappa shape index (κ2) is 5.45. The molecule has 0 saturated heterocycles. The Hall–Kier alpha value is -1.93. The van der Waals surface area contributed by atoms with Crippen molar-refractivity contribution in [1.82, 2.24) is 4.98 Å². The van der Waals surface area contributed by atoms with E-state index < -0.39 is 0 Å². The van der Waals surface area contributed by atoms with E-state index in [0.717, 1.165) is 23.0 Å². The monoisotopic (exact) mass is 345 g/mol. The average molecular weight is 346 g/mol. The molecule has 5 heteroatoms. The first-order chi connectivity index (χ1) is 10.1. The minimum absolute atomic E-state index is 0.143. The number of pyridine rings is 1. The van der Waals surface area contributed by atoms with Gasteiger partial charge in [0.2, 0.25) is 0 Å². The third-order valence-electron chi connectivity index (χ3n) is 3.88. The summed E-state index contributed by atoms with van der Waals surface area (Å²) in [6.45, 7) is 2.67. The van der Waals surface area contributed by atoms with Gasteiger partial charge >= 0.3 is 0 Å². The molecule has 0 amide bonds. The third kappa shape index (κ3) is 2.40. The molecule has 1 atom stereocenters. The van der Waals surface area contributed by atoms with Crippen LogP contribution in [0.25, 0.3) is 0 Å². The van der Waals surface area contributed by atoms with E-state index in [0.29, 0.717) is 16.9 Å². The minimum Gasteiger partial charge on any atom is -0.348 e. The van der Waals surface area contributed by atoms with Gasteiger partial charge in [-0.05, 0) is 47.0 Å². The zero-order valence-corrected chi connectivity index (χ0v) is 13.1. The smallest absolute Gasteiger partial charge is 0.147 e. The second-order valence-electron chi connectivity index (χ2n) is 5.07. The SMILES string of the molecule is CC1c2c(F)cccc2CCN1c1ncc(Br)cc1C#N. The number of rotatable bonds is 1. The van der Waals surface area contributed by atoms with Gasteiger partial charge in [-0.2, -0.15) is 5.26 Å². The summed E-state index contributed by atoms with van der Waals surface area (Å²) < 4.78 is 14.9. The summed E-state index contributed by atoms with van der Waals surface area (Å²) in [7, 11) is 0. The van der Waals surface area contributed by atoms with E-state index in [1.165, 1.54) is 6.07 Å². The van der Waals surface area contributed by atoms with Gasteiger partial charge in [0.15, 0.2) is 0 Å². The Balaban J connectivity index is 2.07. The fourth-order valence-corrected chi connectivity index (χ4v) is 3.22. The van der Waals surface area contributed by atoms with Crippen LogP contribution in [0.5, 0.6) is 0 Å². The van der Waals surface area contributed by atoms with Gasteiger partial charge in [-0.3, -0.25) is 0 Å². The lowest BCUT2D eigenvalue weighted by Gasteiger charge is -2.36. The number of fused-ring (bicyclic) bond motifs is 1. The number of benzene rings is 1. The van der Waals surface area contributed by atoms with Crippen LogP contribution in [-0.4, -0.2) is 11.5 Å². The summed E-state index contributed by atoms with van der Waals surface area (Å²) in [6, 6.07) is 8.96. The minimum atomic E-state index is -0.194. The van der Waals surface area contributed by atoms with Gasteiger partial charge < -0.3 is 4.90 Å². The van der Waals surface area contributed by atoms with Gasteiger partial charge in [0.1, 0.15) is 17.7 Å². The van der Waals surface area contributed by atoms with Crippen molar-refractivity contribution in [3.8, 4) is 6.07 Å². The van der Waals surface area contributed by atoms with Crippen LogP contribution >= 0.6 is 15.9 Å². The summed E-state index contributed by atoms with van der Waals surface area (Å²) in [5.74, 6) is 0.419. The second-order valence-corrected chi connectivity index (χ2v) is 5.98. The van der Waals surface area contributed by atoms with Crippen molar-refractivity contribution in [2.24, 2.45) is 0 Å². The Kier molecular flexibility index (Phi) is 3.64. The van der Waals surface area contributed by atoms with E-state index in [1.54, 1.807) is 18.3 Å². The van der Waals surface area contributed by atoms with Crippen LogP contribution in [0, 0.1) is 17.1 Å². The van der Waals surface area contributed by atoms with Crippen LogP contribution < -0.4 is 4.90 Å². The van der Waals surface area contributed by atoms with E-state index >= 15 is 0 Å². The molecule has 0 N–H and O–H groups in total. The molecule has 3 nitrogen and oxygen atoms in total. The van der Waals surface area contributed by atoms with E-state index in [1.807, 2.05) is 17.9 Å². The molecular formula is C16H13BrFN3. The summed E-state index contributed by atoms with van der Waals surface area (Å²) in [5, 5.41) is 9.30. The lowest BCUT2D eigenvalue weighted by Crippen LogP contribution is -2.35. The highest BCUT2D eigenvalue weighted by Gasteiger charge is 2.28. The molecule has 0 fully saturated rings. The van der Waals surface area contributed by atoms with Crippen LogP contribution in [0.3, 0.4) is 0 Å². The normalized spacial score (nSPS) is 17.2. The Labute approximate surface area is 131 Å². The summed E-state index contributed by atoms with van der Waals surface area (Å²) in [6.07, 6.45) is 2.42. The Morgan fingerprint density at radius 1 is 1.48 bits per heavy atom. The molecule has 1 aromatic heterocycles. The highest BCUT2D eigenvalue weighted by atomic mass is 79.9. The number of halogens is 2. The number of aromatic nitrogens is 1. The summed E-state index contributed by atoms with van der Waals surface area (Å²) in [5.41, 5.74) is 2.24. The molecule has 1 aliphatic rings. The van der Waals surface area contributed by atoms with Crippen LogP contribution in [-0.2, 0) is 6.42 Å². The maximum atomic E-state index is 14.1. The number of nitriles is 1. The zero-order chi connectivity index (χ0) is 15.0. The first kappa shape index (κ1) is 14.0. The maximum absolute atomic E-state index is 14.1. The van der Waals surface area contributed by atoms with Crippen molar-refractivity contribution in [1.29, 1.82) is 5.26 Å². The molecular weight excluding hydrogens is 333 g/mol. The largest absolute Gasteiger partial charge is 0.348 e. The highest BCUT2D eigenvalue weighted by molar-refractivity contribution is 9.10. The molecule has 0 bridgehead atoms. The van der Waals surface area contributed by atoms with Crippen LogP contribution in [0.4, 0.5) is 10.2 Å². The lowest BCUT2D eigenvalue weighted by molar-refractivity contribution is 0.545. The predicted molar refractivity (Wildman–Crippen MR) is 82.5 cm³/mol. The van der Waals surface area contributed by atoms with E-state index in [-0.39, 0.29) is 11.9 Å². The molecule has 1 aromatic carbocycles. The van der Waals surface area contributed by atoms with E-state index in [2.05, 4.69) is 27.0 Å². The molecule has 1 aliphatic heterocycles. The standard InChI is InChI=1S/C16H13BrFN3/c1-10-15-11(3-2-4-14(15)18)5-6-21(10)16-12(8-19)7-13(17)9-20-16/h2-4,7,9-10H,5-6H2,1H3. The Bertz CT molecular complexity index is 739. The van der Waals surface area contributed by atoms with Crippen molar-refractivity contribution >= 4 is 21.7 Å². The molecule has 21 heavy (non-hydrogen) atoms. The van der Waals surface area contributed by atoms with E-state index in [9.17, 15) is 9.65 Å². The van der Waals surface area contributed by atoms with E-state index in [4.69, 9.17) is 0 Å². The number of hydrogen-bond donors (Lipinski definition) is 0. The molecule has 0 radical (unpaired) electrons. The van der Waals surface area contributed by atoms with Crippen molar-refractivity contribution in [3.05, 3.63) is 57.4 Å². The van der Waals surface area contributed by atoms with Crippen molar-refractivity contribution < 1.29 is 4.39 Å². The van der Waals surface area contributed by atoms with Gasteiger partial charge in [-0.1, -0.05) is 12.1 Å². The topological polar surface area (TPSA) is 39.9 Å². The quantitative estimate of drug-likeness (QED) is 0.784. The Morgan fingerprint density at radius 2 is 2.29 bits per heavy atom. The average Bonchev–Trinajstić information content (AvgIpc) is 2.48. The first-order valence-electron chi connectivity index (χ1n) is 6.71.